The van der Waals surface area contributed by atoms with E-state index >= 15 is 0 Å². The van der Waals surface area contributed by atoms with Crippen LogP contribution in [0, 0.1) is 0 Å². The molecule has 0 spiro atoms. The normalized spacial score (nSPS) is 14.7. The Bertz CT molecular complexity index is 769. The molecule has 1 atom stereocenters. The molecule has 0 aromatic heterocycles. The van der Waals surface area contributed by atoms with Gasteiger partial charge in [0.15, 0.2) is 0 Å². The Kier molecular flexibility index (Phi) is 6.24. The van der Waals surface area contributed by atoms with Crippen molar-refractivity contribution in [1.82, 2.24) is 4.90 Å². The first-order chi connectivity index (χ1) is 13.1. The van der Waals surface area contributed by atoms with E-state index in [1.54, 1.807) is 12.1 Å². The van der Waals surface area contributed by atoms with Crippen LogP contribution in [0.2, 0.25) is 0 Å². The number of ether oxygens (including phenoxy) is 1. The quantitative estimate of drug-likeness (QED) is 0.687. The zero-order valence-corrected chi connectivity index (χ0v) is 15.5. The minimum Gasteiger partial charge on any atom is -0.478 e. The molecule has 5 heteroatoms. The Morgan fingerprint density at radius 3 is 2.30 bits per heavy atom. The first-order valence-electron chi connectivity index (χ1n) is 9.37. The van der Waals surface area contributed by atoms with E-state index in [1.165, 1.54) is 0 Å². The van der Waals surface area contributed by atoms with Crippen molar-refractivity contribution >= 4 is 11.9 Å². The van der Waals surface area contributed by atoms with Gasteiger partial charge in [0.2, 0.25) is 0 Å². The van der Waals surface area contributed by atoms with Gasteiger partial charge in [-0.3, -0.25) is 9.69 Å². The molecule has 1 aliphatic rings. The molecule has 2 aromatic carbocycles. The maximum atomic E-state index is 12.7. The number of rotatable bonds is 9. The van der Waals surface area contributed by atoms with E-state index in [0.717, 1.165) is 24.0 Å². The van der Waals surface area contributed by atoms with Crippen molar-refractivity contribution in [3.05, 3.63) is 71.3 Å². The molecule has 0 radical (unpaired) electrons. The third-order valence-electron chi connectivity index (χ3n) is 4.81. The molecule has 0 saturated heterocycles. The molecule has 0 heterocycles. The minimum atomic E-state index is -0.936. The first-order valence-corrected chi connectivity index (χ1v) is 9.37. The van der Waals surface area contributed by atoms with E-state index < -0.39 is 5.97 Å². The smallest absolute Gasteiger partial charge is 0.335 e. The third-order valence-corrected chi connectivity index (χ3v) is 4.81. The van der Waals surface area contributed by atoms with Crippen LogP contribution in [0.1, 0.15) is 41.3 Å². The summed E-state index contributed by atoms with van der Waals surface area (Å²) >= 11 is 0. The molecule has 0 bridgehead atoms. The fourth-order valence-corrected chi connectivity index (χ4v) is 3.28. The van der Waals surface area contributed by atoms with E-state index in [4.69, 9.17) is 9.84 Å². The van der Waals surface area contributed by atoms with Gasteiger partial charge in [-0.15, -0.1) is 0 Å². The summed E-state index contributed by atoms with van der Waals surface area (Å²) in [5, 5.41) is 9.07. The second kappa shape index (κ2) is 8.82. The zero-order chi connectivity index (χ0) is 19.2. The van der Waals surface area contributed by atoms with Crippen LogP contribution in [-0.2, 0) is 22.5 Å². The molecule has 2 aromatic rings. The molecule has 142 valence electrons. The fourth-order valence-electron chi connectivity index (χ4n) is 3.28. The number of nitrogens with zero attached hydrogens (tertiary/aromatic N) is 1. The summed E-state index contributed by atoms with van der Waals surface area (Å²) in [7, 11) is 0. The third kappa shape index (κ3) is 5.17. The van der Waals surface area contributed by atoms with Gasteiger partial charge in [0, 0.05) is 12.6 Å². The molecule has 5 nitrogen and oxygen atoms in total. The van der Waals surface area contributed by atoms with Crippen LogP contribution >= 0.6 is 0 Å². The molecule has 0 amide bonds. The molecule has 1 saturated carbocycles. The number of hydrogen-bond donors (Lipinski definition) is 1. The molecule has 1 aliphatic carbocycles. The van der Waals surface area contributed by atoms with Crippen molar-refractivity contribution in [2.24, 2.45) is 0 Å². The average molecular weight is 367 g/mol. The fraction of sp³-hybridized carbons (Fsp3) is 0.364. The highest BCUT2D eigenvalue weighted by Crippen LogP contribution is 2.31. The summed E-state index contributed by atoms with van der Waals surface area (Å²) in [6, 6.07) is 16.9. The number of carboxylic acids is 1. The lowest BCUT2D eigenvalue weighted by atomic mass is 10.0. The van der Waals surface area contributed by atoms with Crippen molar-refractivity contribution in [1.29, 1.82) is 0 Å². The molecular weight excluding hydrogens is 342 g/mol. The number of hydrogen-bond acceptors (Lipinski definition) is 4. The van der Waals surface area contributed by atoms with E-state index in [-0.39, 0.29) is 17.6 Å². The van der Waals surface area contributed by atoms with Gasteiger partial charge >= 0.3 is 11.9 Å². The topological polar surface area (TPSA) is 66.8 Å². The van der Waals surface area contributed by atoms with Crippen LogP contribution in [-0.4, -0.2) is 40.6 Å². The summed E-state index contributed by atoms with van der Waals surface area (Å²) < 4.78 is 5.37. The van der Waals surface area contributed by atoms with Crippen molar-refractivity contribution in [3.8, 4) is 0 Å². The number of benzene rings is 2. The van der Waals surface area contributed by atoms with Gasteiger partial charge in [-0.25, -0.2) is 4.79 Å². The Balaban J connectivity index is 1.81. The van der Waals surface area contributed by atoms with Crippen LogP contribution in [0.5, 0.6) is 0 Å². The highest BCUT2D eigenvalue weighted by molar-refractivity contribution is 5.87. The highest BCUT2D eigenvalue weighted by Gasteiger charge is 2.38. The molecule has 27 heavy (non-hydrogen) atoms. The Labute approximate surface area is 159 Å². The van der Waals surface area contributed by atoms with Crippen molar-refractivity contribution in [2.45, 2.75) is 44.8 Å². The maximum absolute atomic E-state index is 12.7. The molecule has 3 rings (SSSR count). The van der Waals surface area contributed by atoms with Crippen molar-refractivity contribution in [3.63, 3.8) is 0 Å². The lowest BCUT2D eigenvalue weighted by molar-refractivity contribution is -0.150. The van der Waals surface area contributed by atoms with Crippen molar-refractivity contribution in [2.75, 3.05) is 6.61 Å². The minimum absolute atomic E-state index is 0.199. The van der Waals surface area contributed by atoms with Crippen LogP contribution in [0.3, 0.4) is 0 Å². The van der Waals surface area contributed by atoms with E-state index in [9.17, 15) is 9.59 Å². The highest BCUT2D eigenvalue weighted by atomic mass is 16.5. The van der Waals surface area contributed by atoms with Crippen LogP contribution in [0.15, 0.2) is 54.6 Å². The second-order valence-electron chi connectivity index (χ2n) is 6.86. The van der Waals surface area contributed by atoms with Gasteiger partial charge in [0.05, 0.1) is 12.2 Å². The molecule has 1 fully saturated rings. The lowest BCUT2D eigenvalue weighted by Gasteiger charge is -2.30. The van der Waals surface area contributed by atoms with Crippen LogP contribution in [0.25, 0.3) is 0 Å². The van der Waals surface area contributed by atoms with E-state index in [1.807, 2.05) is 49.4 Å². The summed E-state index contributed by atoms with van der Waals surface area (Å²) in [4.78, 5) is 26.0. The van der Waals surface area contributed by atoms with Crippen LogP contribution in [0.4, 0.5) is 0 Å². The Morgan fingerprint density at radius 2 is 1.74 bits per heavy atom. The molecule has 1 N–H and O–H groups in total. The van der Waals surface area contributed by atoms with Gasteiger partial charge in [0.1, 0.15) is 6.04 Å². The summed E-state index contributed by atoms with van der Waals surface area (Å²) in [5.74, 6) is -1.13. The lowest BCUT2D eigenvalue weighted by Crippen LogP contribution is -2.44. The zero-order valence-electron chi connectivity index (χ0n) is 15.5. The first kappa shape index (κ1) is 19.1. The standard InChI is InChI=1S/C22H25NO4/c1-2-27-22(26)20(14-16-6-4-3-5-7-16)23(19-12-13-19)15-17-8-10-18(11-9-17)21(24)25/h3-11,19-20H,2,12-15H2,1H3,(H,24,25). The summed E-state index contributed by atoms with van der Waals surface area (Å²) in [6.07, 6.45) is 2.74. The molecular formula is C22H25NO4. The predicted molar refractivity (Wildman–Crippen MR) is 103 cm³/mol. The summed E-state index contributed by atoms with van der Waals surface area (Å²) in [5.41, 5.74) is 2.36. The van der Waals surface area contributed by atoms with Gasteiger partial charge in [-0.2, -0.15) is 0 Å². The maximum Gasteiger partial charge on any atom is 0.335 e. The average Bonchev–Trinajstić information content (AvgIpc) is 3.51. The molecule has 0 aliphatic heterocycles. The predicted octanol–water partition coefficient (Wildman–Crippen LogP) is 3.52. The van der Waals surface area contributed by atoms with E-state index in [0.29, 0.717) is 25.6 Å². The second-order valence-corrected chi connectivity index (χ2v) is 6.86. The van der Waals surface area contributed by atoms with Gasteiger partial charge in [-0.1, -0.05) is 42.5 Å². The monoisotopic (exact) mass is 367 g/mol. The van der Waals surface area contributed by atoms with Gasteiger partial charge in [-0.05, 0) is 49.4 Å². The Hall–Kier alpha value is -2.66. The van der Waals surface area contributed by atoms with E-state index in [2.05, 4.69) is 4.90 Å². The number of aromatic carboxylic acids is 1. The van der Waals surface area contributed by atoms with Gasteiger partial charge in [0.25, 0.3) is 0 Å². The summed E-state index contributed by atoms with van der Waals surface area (Å²) in [6.45, 7) is 2.78. The number of esters is 1. The largest absolute Gasteiger partial charge is 0.478 e. The van der Waals surface area contributed by atoms with Crippen LogP contribution < -0.4 is 0 Å². The molecule has 1 unspecified atom stereocenters. The van der Waals surface area contributed by atoms with Gasteiger partial charge < -0.3 is 9.84 Å². The number of carbonyl (C=O) groups is 2. The SMILES string of the molecule is CCOC(=O)C(Cc1ccccc1)N(Cc1ccc(C(=O)O)cc1)C1CC1. The number of carboxylic acid groups (broad SMARTS) is 1. The Morgan fingerprint density at radius 1 is 1.07 bits per heavy atom. The van der Waals surface area contributed by atoms with Crippen molar-refractivity contribution < 1.29 is 19.4 Å². The number of carbonyl (C=O) groups excluding carboxylic acids is 1.